The molecule has 0 saturated carbocycles. The van der Waals surface area contributed by atoms with E-state index >= 15 is 0 Å². The summed E-state index contributed by atoms with van der Waals surface area (Å²) >= 11 is 2.90. The van der Waals surface area contributed by atoms with E-state index < -0.39 is 0 Å². The zero-order chi connectivity index (χ0) is 18.1. The summed E-state index contributed by atoms with van der Waals surface area (Å²) in [5, 5.41) is 5.33. The Morgan fingerprint density at radius 2 is 2.19 bits per heavy atom. The predicted molar refractivity (Wildman–Crippen MR) is 102 cm³/mol. The Labute approximate surface area is 158 Å². The number of rotatable bonds is 3. The number of aromatic nitrogens is 2. The summed E-state index contributed by atoms with van der Waals surface area (Å²) in [6, 6.07) is 7.12. The lowest BCUT2D eigenvalue weighted by molar-refractivity contribution is 0.0741. The van der Waals surface area contributed by atoms with Gasteiger partial charge in [0.1, 0.15) is 5.69 Å². The number of aryl methyl sites for hydroxylation is 1. The standard InChI is InChI=1S/C18H16N4O2S2/c1-11-8-14(25-10-11)17(24)22-7-5-12-15(9-22)26-18(20-12)21-16(23)13-4-2-3-6-19-13/h2-4,6,8,10H,5,7,9H2,1H3,(H,20,21,23). The summed E-state index contributed by atoms with van der Waals surface area (Å²) in [5.41, 5.74) is 2.41. The minimum atomic E-state index is -0.279. The van der Waals surface area contributed by atoms with E-state index in [0.29, 0.717) is 30.3 Å². The number of hydrogen-bond acceptors (Lipinski definition) is 6. The SMILES string of the molecule is Cc1csc(C(=O)N2CCc3nc(NC(=O)c4ccccn4)sc3C2)c1. The first-order valence-corrected chi connectivity index (χ1v) is 9.85. The summed E-state index contributed by atoms with van der Waals surface area (Å²) in [6.07, 6.45) is 2.28. The van der Waals surface area contributed by atoms with Crippen LogP contribution in [0.25, 0.3) is 0 Å². The average molecular weight is 384 g/mol. The molecule has 3 aromatic rings. The molecular weight excluding hydrogens is 368 g/mol. The van der Waals surface area contributed by atoms with Crippen molar-refractivity contribution in [1.29, 1.82) is 0 Å². The van der Waals surface area contributed by atoms with E-state index in [1.807, 2.05) is 23.3 Å². The van der Waals surface area contributed by atoms with E-state index in [-0.39, 0.29) is 11.8 Å². The molecule has 0 spiro atoms. The third kappa shape index (κ3) is 3.38. The van der Waals surface area contributed by atoms with Gasteiger partial charge in [0.2, 0.25) is 0 Å². The molecule has 0 fully saturated rings. The molecule has 26 heavy (non-hydrogen) atoms. The van der Waals surface area contributed by atoms with Gasteiger partial charge in [-0.2, -0.15) is 0 Å². The Hall–Kier alpha value is -2.58. The molecule has 0 aliphatic carbocycles. The molecule has 0 atom stereocenters. The zero-order valence-electron chi connectivity index (χ0n) is 14.1. The molecule has 8 heteroatoms. The molecule has 2 amide bonds. The minimum Gasteiger partial charge on any atom is -0.332 e. The van der Waals surface area contributed by atoms with E-state index in [9.17, 15) is 9.59 Å². The van der Waals surface area contributed by atoms with Gasteiger partial charge in [-0.3, -0.25) is 19.9 Å². The maximum atomic E-state index is 12.6. The van der Waals surface area contributed by atoms with Gasteiger partial charge in [0.15, 0.2) is 5.13 Å². The zero-order valence-corrected chi connectivity index (χ0v) is 15.7. The first-order valence-electron chi connectivity index (χ1n) is 8.15. The maximum absolute atomic E-state index is 12.6. The van der Waals surface area contributed by atoms with Crippen LogP contribution < -0.4 is 5.32 Å². The molecule has 0 aromatic carbocycles. The van der Waals surface area contributed by atoms with E-state index in [4.69, 9.17) is 0 Å². The summed E-state index contributed by atoms with van der Waals surface area (Å²) in [7, 11) is 0. The van der Waals surface area contributed by atoms with Crippen molar-refractivity contribution in [2.45, 2.75) is 19.9 Å². The molecule has 0 saturated heterocycles. The fourth-order valence-corrected chi connectivity index (χ4v) is 4.66. The highest BCUT2D eigenvalue weighted by Gasteiger charge is 2.26. The number of carbonyl (C=O) groups is 2. The molecule has 1 N–H and O–H groups in total. The smallest absolute Gasteiger partial charge is 0.276 e. The topological polar surface area (TPSA) is 75.2 Å². The third-order valence-electron chi connectivity index (χ3n) is 4.08. The number of fused-ring (bicyclic) bond motifs is 1. The van der Waals surface area contributed by atoms with Crippen molar-refractivity contribution in [2.24, 2.45) is 0 Å². The van der Waals surface area contributed by atoms with Crippen LogP contribution in [0.1, 0.15) is 36.3 Å². The van der Waals surface area contributed by atoms with Crippen LogP contribution in [-0.2, 0) is 13.0 Å². The van der Waals surface area contributed by atoms with Gasteiger partial charge in [0.25, 0.3) is 11.8 Å². The highest BCUT2D eigenvalue weighted by Crippen LogP contribution is 2.30. The fourth-order valence-electron chi connectivity index (χ4n) is 2.78. The van der Waals surface area contributed by atoms with Crippen LogP contribution in [0.2, 0.25) is 0 Å². The number of anilines is 1. The lowest BCUT2D eigenvalue weighted by Gasteiger charge is -2.25. The average Bonchev–Trinajstić information content (AvgIpc) is 3.26. The maximum Gasteiger partial charge on any atom is 0.276 e. The van der Waals surface area contributed by atoms with Gasteiger partial charge in [-0.15, -0.1) is 11.3 Å². The van der Waals surface area contributed by atoms with Crippen molar-refractivity contribution >= 4 is 39.6 Å². The van der Waals surface area contributed by atoms with Crippen molar-refractivity contribution in [1.82, 2.24) is 14.9 Å². The molecule has 0 radical (unpaired) electrons. The highest BCUT2D eigenvalue weighted by atomic mass is 32.1. The number of nitrogens with zero attached hydrogens (tertiary/aromatic N) is 3. The number of nitrogens with one attached hydrogen (secondary N) is 1. The lowest BCUT2D eigenvalue weighted by atomic mass is 10.1. The molecule has 1 aliphatic rings. The number of thiophene rings is 1. The Bertz CT molecular complexity index is 965. The van der Waals surface area contributed by atoms with Crippen LogP contribution in [0, 0.1) is 6.92 Å². The summed E-state index contributed by atoms with van der Waals surface area (Å²) in [4.78, 5) is 37.0. The van der Waals surface area contributed by atoms with Gasteiger partial charge in [-0.1, -0.05) is 17.4 Å². The largest absolute Gasteiger partial charge is 0.332 e. The first kappa shape index (κ1) is 16.9. The third-order valence-corrected chi connectivity index (χ3v) is 6.11. The van der Waals surface area contributed by atoms with Gasteiger partial charge >= 0.3 is 0 Å². The Morgan fingerprint density at radius 3 is 2.92 bits per heavy atom. The summed E-state index contributed by atoms with van der Waals surface area (Å²) in [5.74, 6) is -0.222. The fraction of sp³-hybridized carbons (Fsp3) is 0.222. The van der Waals surface area contributed by atoms with Crippen LogP contribution >= 0.6 is 22.7 Å². The van der Waals surface area contributed by atoms with Crippen molar-refractivity contribution in [3.8, 4) is 0 Å². The second-order valence-corrected chi connectivity index (χ2v) is 8.02. The van der Waals surface area contributed by atoms with Crippen LogP contribution in [0.3, 0.4) is 0 Å². The molecule has 1 aliphatic heterocycles. The molecular formula is C18H16N4O2S2. The summed E-state index contributed by atoms with van der Waals surface area (Å²) in [6.45, 7) is 3.16. The monoisotopic (exact) mass is 384 g/mol. The van der Waals surface area contributed by atoms with E-state index in [0.717, 1.165) is 21.0 Å². The van der Waals surface area contributed by atoms with Gasteiger partial charge in [0, 0.05) is 24.0 Å². The van der Waals surface area contributed by atoms with Crippen LogP contribution in [0.5, 0.6) is 0 Å². The quantitative estimate of drug-likeness (QED) is 0.751. The van der Waals surface area contributed by atoms with Crippen LogP contribution in [0.15, 0.2) is 35.8 Å². The molecule has 132 valence electrons. The molecule has 0 bridgehead atoms. The second-order valence-electron chi connectivity index (χ2n) is 6.02. The Balaban J connectivity index is 1.47. The van der Waals surface area contributed by atoms with E-state index in [1.165, 1.54) is 22.7 Å². The van der Waals surface area contributed by atoms with E-state index in [1.54, 1.807) is 24.4 Å². The number of carbonyl (C=O) groups excluding carboxylic acids is 2. The van der Waals surface area contributed by atoms with Crippen molar-refractivity contribution in [3.05, 3.63) is 62.5 Å². The van der Waals surface area contributed by atoms with Gasteiger partial charge in [0.05, 0.1) is 17.1 Å². The first-order chi connectivity index (χ1) is 12.6. The normalized spacial score (nSPS) is 13.3. The molecule has 3 aromatic heterocycles. The minimum absolute atomic E-state index is 0.0567. The molecule has 4 heterocycles. The highest BCUT2D eigenvalue weighted by molar-refractivity contribution is 7.16. The summed E-state index contributed by atoms with van der Waals surface area (Å²) < 4.78 is 0. The van der Waals surface area contributed by atoms with Crippen molar-refractivity contribution < 1.29 is 9.59 Å². The number of hydrogen-bond donors (Lipinski definition) is 1. The van der Waals surface area contributed by atoms with Gasteiger partial charge < -0.3 is 4.90 Å². The lowest BCUT2D eigenvalue weighted by Crippen LogP contribution is -2.35. The number of thiazole rings is 1. The number of amides is 2. The Morgan fingerprint density at radius 1 is 1.31 bits per heavy atom. The molecule has 0 unspecified atom stereocenters. The van der Waals surface area contributed by atoms with Crippen LogP contribution in [0.4, 0.5) is 5.13 Å². The van der Waals surface area contributed by atoms with Crippen molar-refractivity contribution in [2.75, 3.05) is 11.9 Å². The van der Waals surface area contributed by atoms with Crippen molar-refractivity contribution in [3.63, 3.8) is 0 Å². The Kier molecular flexibility index (Phi) is 4.52. The predicted octanol–water partition coefficient (Wildman–Crippen LogP) is 3.36. The number of pyridine rings is 1. The second kappa shape index (κ2) is 6.97. The van der Waals surface area contributed by atoms with Gasteiger partial charge in [-0.05, 0) is 36.1 Å². The van der Waals surface area contributed by atoms with Crippen LogP contribution in [-0.4, -0.2) is 33.2 Å². The molecule has 4 rings (SSSR count). The van der Waals surface area contributed by atoms with E-state index in [2.05, 4.69) is 15.3 Å². The molecule has 6 nitrogen and oxygen atoms in total. The van der Waals surface area contributed by atoms with Gasteiger partial charge in [-0.25, -0.2) is 4.98 Å².